The Hall–Kier alpha value is -1.90. The number of carbonyl (C=O) groups is 1. The van der Waals surface area contributed by atoms with Crippen LogP contribution in [0.15, 0.2) is 29.4 Å². The molecule has 3 rings (SSSR count). The number of benzene rings is 1. The fourth-order valence-corrected chi connectivity index (χ4v) is 4.77. The number of hydrogen-bond acceptors (Lipinski definition) is 4. The number of imidazole rings is 1. The van der Waals surface area contributed by atoms with E-state index in [0.29, 0.717) is 42.5 Å². The molecular formula is C18H23ClN4O3S. The van der Waals surface area contributed by atoms with Gasteiger partial charge < -0.3 is 9.88 Å². The van der Waals surface area contributed by atoms with E-state index in [1.807, 2.05) is 13.0 Å². The number of aromatic nitrogens is 2. The SMILES string of the molecule is Cc1ccc(Cl)cc1NC(=O)C1CCN(S(=O)(=O)c2cn(C)c(C)n2)CC1. The lowest BCUT2D eigenvalue weighted by atomic mass is 9.97. The van der Waals surface area contributed by atoms with Gasteiger partial charge in [0.25, 0.3) is 10.0 Å². The summed E-state index contributed by atoms with van der Waals surface area (Å²) < 4.78 is 28.6. The van der Waals surface area contributed by atoms with Crippen molar-refractivity contribution >= 4 is 33.2 Å². The van der Waals surface area contributed by atoms with Crippen LogP contribution in [0.25, 0.3) is 0 Å². The highest BCUT2D eigenvalue weighted by molar-refractivity contribution is 7.89. The molecule has 1 N–H and O–H groups in total. The maximum Gasteiger partial charge on any atom is 0.262 e. The smallest absolute Gasteiger partial charge is 0.262 e. The molecule has 27 heavy (non-hydrogen) atoms. The predicted molar refractivity (Wildman–Crippen MR) is 104 cm³/mol. The third-order valence-electron chi connectivity index (χ3n) is 4.97. The Morgan fingerprint density at radius 3 is 2.52 bits per heavy atom. The van der Waals surface area contributed by atoms with Gasteiger partial charge in [-0.15, -0.1) is 0 Å². The van der Waals surface area contributed by atoms with Crippen molar-refractivity contribution in [2.75, 3.05) is 18.4 Å². The Morgan fingerprint density at radius 1 is 1.26 bits per heavy atom. The Kier molecular flexibility index (Phi) is 5.60. The van der Waals surface area contributed by atoms with Gasteiger partial charge in [0, 0.05) is 43.0 Å². The van der Waals surface area contributed by atoms with Crippen LogP contribution in [-0.2, 0) is 21.9 Å². The van der Waals surface area contributed by atoms with Crippen LogP contribution in [0.2, 0.25) is 5.02 Å². The number of halogens is 1. The molecule has 1 aliphatic heterocycles. The average Bonchev–Trinajstić information content (AvgIpc) is 2.98. The Labute approximate surface area is 164 Å². The van der Waals surface area contributed by atoms with Crippen molar-refractivity contribution in [3.63, 3.8) is 0 Å². The van der Waals surface area contributed by atoms with E-state index in [-0.39, 0.29) is 16.9 Å². The Balaban J connectivity index is 1.64. The van der Waals surface area contributed by atoms with Crippen LogP contribution in [0.3, 0.4) is 0 Å². The molecule has 1 aromatic heterocycles. The van der Waals surface area contributed by atoms with Crippen LogP contribution < -0.4 is 5.32 Å². The van der Waals surface area contributed by atoms with Gasteiger partial charge in [-0.25, -0.2) is 13.4 Å². The molecule has 9 heteroatoms. The number of nitrogens with zero attached hydrogens (tertiary/aromatic N) is 3. The number of anilines is 1. The molecule has 1 fully saturated rings. The quantitative estimate of drug-likeness (QED) is 0.839. The molecule has 0 radical (unpaired) electrons. The molecule has 0 spiro atoms. The Bertz CT molecular complexity index is 943. The van der Waals surface area contributed by atoms with E-state index in [1.165, 1.54) is 10.5 Å². The van der Waals surface area contributed by atoms with E-state index >= 15 is 0 Å². The van der Waals surface area contributed by atoms with Crippen LogP contribution in [-0.4, -0.2) is 41.3 Å². The normalized spacial score (nSPS) is 16.4. The molecule has 1 aliphatic rings. The molecule has 2 aromatic rings. The summed E-state index contributed by atoms with van der Waals surface area (Å²) in [6, 6.07) is 5.34. The summed E-state index contributed by atoms with van der Waals surface area (Å²) in [5, 5.41) is 3.52. The number of rotatable bonds is 4. The zero-order valence-electron chi connectivity index (χ0n) is 15.6. The molecule has 0 unspecified atom stereocenters. The molecular weight excluding hydrogens is 388 g/mol. The van der Waals surface area contributed by atoms with Crippen molar-refractivity contribution in [1.29, 1.82) is 0 Å². The van der Waals surface area contributed by atoms with Crippen LogP contribution in [0, 0.1) is 19.8 Å². The minimum Gasteiger partial charge on any atom is -0.337 e. The second-order valence-corrected chi connectivity index (χ2v) is 9.19. The molecule has 0 atom stereocenters. The highest BCUT2D eigenvalue weighted by Crippen LogP contribution is 2.26. The lowest BCUT2D eigenvalue weighted by Gasteiger charge is -2.30. The molecule has 146 valence electrons. The first kappa shape index (κ1) is 19.9. The maximum absolute atomic E-state index is 12.7. The molecule has 1 aromatic carbocycles. The van der Waals surface area contributed by atoms with Gasteiger partial charge in [0.15, 0.2) is 5.03 Å². The first-order valence-electron chi connectivity index (χ1n) is 8.75. The van der Waals surface area contributed by atoms with Gasteiger partial charge >= 0.3 is 0 Å². The van der Waals surface area contributed by atoms with Gasteiger partial charge in [0.1, 0.15) is 5.82 Å². The largest absolute Gasteiger partial charge is 0.337 e. The van der Waals surface area contributed by atoms with E-state index in [0.717, 1.165) is 5.56 Å². The molecule has 7 nitrogen and oxygen atoms in total. The summed E-state index contributed by atoms with van der Waals surface area (Å²) in [6.07, 6.45) is 2.46. The number of nitrogens with one attached hydrogen (secondary N) is 1. The average molecular weight is 411 g/mol. The summed E-state index contributed by atoms with van der Waals surface area (Å²) in [4.78, 5) is 16.7. The van der Waals surface area contributed by atoms with Crippen LogP contribution in [0.1, 0.15) is 24.2 Å². The third-order valence-corrected chi connectivity index (χ3v) is 6.98. The molecule has 1 saturated heterocycles. The van der Waals surface area contributed by atoms with Crippen LogP contribution in [0.4, 0.5) is 5.69 Å². The number of hydrogen-bond donors (Lipinski definition) is 1. The highest BCUT2D eigenvalue weighted by atomic mass is 35.5. The van der Waals surface area contributed by atoms with Crippen molar-refractivity contribution in [2.45, 2.75) is 31.7 Å². The number of aryl methyl sites for hydroxylation is 3. The fraction of sp³-hybridized carbons (Fsp3) is 0.444. The number of sulfonamides is 1. The highest BCUT2D eigenvalue weighted by Gasteiger charge is 2.33. The molecule has 0 bridgehead atoms. The van der Waals surface area contributed by atoms with Crippen molar-refractivity contribution in [1.82, 2.24) is 13.9 Å². The first-order valence-corrected chi connectivity index (χ1v) is 10.6. The van der Waals surface area contributed by atoms with Crippen molar-refractivity contribution in [2.24, 2.45) is 13.0 Å². The minimum atomic E-state index is -3.63. The lowest BCUT2D eigenvalue weighted by molar-refractivity contribution is -0.120. The molecule has 0 saturated carbocycles. The van der Waals surface area contributed by atoms with Gasteiger partial charge in [-0.2, -0.15) is 4.31 Å². The minimum absolute atomic E-state index is 0.0555. The summed E-state index contributed by atoms with van der Waals surface area (Å²) in [5.41, 5.74) is 1.62. The summed E-state index contributed by atoms with van der Waals surface area (Å²) in [7, 11) is -1.87. The van der Waals surface area contributed by atoms with E-state index in [2.05, 4.69) is 10.3 Å². The van der Waals surface area contributed by atoms with Crippen LogP contribution in [0.5, 0.6) is 0 Å². The van der Waals surface area contributed by atoms with E-state index in [4.69, 9.17) is 11.6 Å². The third kappa shape index (κ3) is 4.17. The lowest BCUT2D eigenvalue weighted by Crippen LogP contribution is -2.41. The molecule has 2 heterocycles. The molecule has 1 amide bonds. The summed E-state index contributed by atoms with van der Waals surface area (Å²) in [5.74, 6) is 0.297. The standard InChI is InChI=1S/C18H23ClN4O3S/c1-12-4-5-15(19)10-16(12)21-18(24)14-6-8-23(9-7-14)27(25,26)17-11-22(3)13(2)20-17/h4-5,10-11,14H,6-9H2,1-3H3,(H,21,24). The van der Waals surface area contributed by atoms with Crippen LogP contribution >= 0.6 is 11.6 Å². The second-order valence-electron chi connectivity index (χ2n) is 6.86. The number of piperidine rings is 1. The van der Waals surface area contributed by atoms with Gasteiger partial charge in [-0.05, 0) is 44.4 Å². The molecule has 0 aliphatic carbocycles. The van der Waals surface area contributed by atoms with Gasteiger partial charge in [0.05, 0.1) is 0 Å². The zero-order valence-corrected chi connectivity index (χ0v) is 17.1. The summed E-state index contributed by atoms with van der Waals surface area (Å²) in [6.45, 7) is 4.25. The topological polar surface area (TPSA) is 84.3 Å². The number of amides is 1. The Morgan fingerprint density at radius 2 is 1.93 bits per heavy atom. The van der Waals surface area contributed by atoms with E-state index in [9.17, 15) is 13.2 Å². The van der Waals surface area contributed by atoms with Gasteiger partial charge in [0.2, 0.25) is 5.91 Å². The van der Waals surface area contributed by atoms with E-state index < -0.39 is 10.0 Å². The zero-order chi connectivity index (χ0) is 19.8. The van der Waals surface area contributed by atoms with Gasteiger partial charge in [-0.3, -0.25) is 4.79 Å². The second kappa shape index (κ2) is 7.61. The number of carbonyl (C=O) groups excluding carboxylic acids is 1. The monoisotopic (exact) mass is 410 g/mol. The maximum atomic E-state index is 12.7. The predicted octanol–water partition coefficient (Wildman–Crippen LogP) is 2.73. The van der Waals surface area contributed by atoms with Crippen molar-refractivity contribution in [3.8, 4) is 0 Å². The van der Waals surface area contributed by atoms with Crippen molar-refractivity contribution < 1.29 is 13.2 Å². The fourth-order valence-electron chi connectivity index (χ4n) is 3.10. The van der Waals surface area contributed by atoms with E-state index in [1.54, 1.807) is 30.7 Å². The summed E-state index contributed by atoms with van der Waals surface area (Å²) >= 11 is 5.99. The first-order chi connectivity index (χ1) is 12.7. The van der Waals surface area contributed by atoms with Crippen molar-refractivity contribution in [3.05, 3.63) is 40.8 Å². The van der Waals surface area contributed by atoms with Gasteiger partial charge in [-0.1, -0.05) is 17.7 Å².